The van der Waals surface area contributed by atoms with E-state index in [1.807, 2.05) is 6.07 Å². The number of furan rings is 1. The number of nitrogens with zero attached hydrogens (tertiary/aromatic N) is 1. The largest absolute Gasteiger partial charge is 0.455 e. The van der Waals surface area contributed by atoms with E-state index < -0.39 is 0 Å². The van der Waals surface area contributed by atoms with E-state index in [2.05, 4.69) is 237 Å². The Hall–Kier alpha value is -7.94. The van der Waals surface area contributed by atoms with E-state index in [4.69, 9.17) is 4.42 Å². The molecule has 1 aromatic heterocycles. The van der Waals surface area contributed by atoms with Gasteiger partial charge in [0.15, 0.2) is 0 Å². The molecular weight excluding hydrogens is 787 g/mol. The van der Waals surface area contributed by atoms with Gasteiger partial charge in [0.05, 0.1) is 5.69 Å². The molecule has 10 aromatic rings. The van der Waals surface area contributed by atoms with Gasteiger partial charge in [0.2, 0.25) is 0 Å². The van der Waals surface area contributed by atoms with E-state index in [1.165, 1.54) is 66.8 Å². The number of hydrogen-bond donors (Lipinski definition) is 0. The Kier molecular flexibility index (Phi) is 9.35. The highest BCUT2D eigenvalue weighted by Gasteiger charge is 2.40. The first-order chi connectivity index (χ1) is 32.0. The molecule has 0 bridgehead atoms. The van der Waals surface area contributed by atoms with Crippen molar-refractivity contribution >= 4 is 44.6 Å². The molecule has 65 heavy (non-hydrogen) atoms. The average Bonchev–Trinajstić information content (AvgIpc) is 3.87. The predicted molar refractivity (Wildman–Crippen MR) is 274 cm³/mol. The van der Waals surface area contributed by atoms with E-state index in [-0.39, 0.29) is 5.41 Å². The maximum atomic E-state index is 6.47. The zero-order valence-corrected chi connectivity index (χ0v) is 36.6. The van der Waals surface area contributed by atoms with Gasteiger partial charge in [-0.15, -0.1) is 0 Å². The summed E-state index contributed by atoms with van der Waals surface area (Å²) in [6.07, 6.45) is 9.22. The fourth-order valence-corrected chi connectivity index (χ4v) is 10.6. The predicted octanol–water partition coefficient (Wildman–Crippen LogP) is 17.8. The maximum Gasteiger partial charge on any atom is 0.143 e. The van der Waals surface area contributed by atoms with Crippen molar-refractivity contribution in [2.45, 2.75) is 32.1 Å². The van der Waals surface area contributed by atoms with Crippen LogP contribution in [0.15, 0.2) is 229 Å². The van der Waals surface area contributed by atoms with Crippen molar-refractivity contribution in [2.24, 2.45) is 0 Å². The van der Waals surface area contributed by atoms with Crippen LogP contribution in [-0.2, 0) is 5.41 Å². The molecule has 310 valence electrons. The fourth-order valence-electron chi connectivity index (χ4n) is 10.6. The smallest absolute Gasteiger partial charge is 0.143 e. The van der Waals surface area contributed by atoms with E-state index in [9.17, 15) is 0 Å². The number of para-hydroxylation sites is 3. The summed E-state index contributed by atoms with van der Waals surface area (Å²) in [5.74, 6) is 0. The molecule has 0 spiro atoms. The van der Waals surface area contributed by atoms with Crippen LogP contribution in [-0.4, -0.2) is 0 Å². The van der Waals surface area contributed by atoms with E-state index >= 15 is 0 Å². The summed E-state index contributed by atoms with van der Waals surface area (Å²) >= 11 is 0. The van der Waals surface area contributed by atoms with Gasteiger partial charge in [-0.3, -0.25) is 0 Å². The second-order valence-electron chi connectivity index (χ2n) is 17.9. The van der Waals surface area contributed by atoms with Gasteiger partial charge < -0.3 is 9.32 Å². The van der Waals surface area contributed by atoms with Gasteiger partial charge in [-0.25, -0.2) is 0 Å². The lowest BCUT2D eigenvalue weighted by Gasteiger charge is -2.30. The highest BCUT2D eigenvalue weighted by molar-refractivity contribution is 6.09. The summed E-state index contributed by atoms with van der Waals surface area (Å²) in [6, 6.07) is 75.1. The number of allylic oxidation sites excluding steroid dienone is 4. The number of benzene rings is 9. The molecule has 2 heteroatoms. The molecule has 0 radical (unpaired) electrons. The minimum Gasteiger partial charge on any atom is -0.455 e. The molecule has 2 nitrogen and oxygen atoms in total. The minimum atomic E-state index is -0.300. The van der Waals surface area contributed by atoms with Gasteiger partial charge in [-0.1, -0.05) is 202 Å². The molecule has 0 saturated carbocycles. The Morgan fingerprint density at radius 3 is 1.86 bits per heavy atom. The number of rotatable bonds is 8. The van der Waals surface area contributed by atoms with E-state index in [0.29, 0.717) is 0 Å². The molecule has 0 aliphatic heterocycles. The van der Waals surface area contributed by atoms with Gasteiger partial charge in [0.25, 0.3) is 0 Å². The second kappa shape index (κ2) is 15.7. The summed E-state index contributed by atoms with van der Waals surface area (Å²) in [6.45, 7) is 4.86. The second-order valence-corrected chi connectivity index (χ2v) is 17.9. The molecule has 0 saturated heterocycles. The fraction of sp³-hybridized carbons (Fsp3) is 0.0794. The van der Waals surface area contributed by atoms with Crippen LogP contribution >= 0.6 is 0 Å². The SMILES string of the molecule is CC1(C)c2cc(N(c3cccc(-c4ccccc4)c3)c3ccccc3-c3ccccc3)ccc2-c2c(-c3ccc(-c4cccc5c4oc4ccccc45)cc3)ccc(C3=CCCC=C3)c21. The zero-order valence-electron chi connectivity index (χ0n) is 36.6. The summed E-state index contributed by atoms with van der Waals surface area (Å²) in [5, 5.41) is 2.29. The van der Waals surface area contributed by atoms with Crippen molar-refractivity contribution < 1.29 is 4.42 Å². The summed E-state index contributed by atoms with van der Waals surface area (Å²) in [4.78, 5) is 2.46. The van der Waals surface area contributed by atoms with Crippen LogP contribution in [0.1, 0.15) is 43.4 Å². The molecule has 0 unspecified atom stereocenters. The van der Waals surface area contributed by atoms with E-state index in [1.54, 1.807) is 0 Å². The zero-order chi connectivity index (χ0) is 43.5. The lowest BCUT2D eigenvalue weighted by molar-refractivity contribution is 0.658. The van der Waals surface area contributed by atoms with Crippen LogP contribution < -0.4 is 4.90 Å². The van der Waals surface area contributed by atoms with Crippen molar-refractivity contribution in [3.05, 3.63) is 241 Å². The molecular formula is C63H47NO. The van der Waals surface area contributed by atoms with Gasteiger partial charge in [-0.2, -0.15) is 0 Å². The monoisotopic (exact) mass is 833 g/mol. The number of hydrogen-bond acceptors (Lipinski definition) is 2. The summed E-state index contributed by atoms with van der Waals surface area (Å²) in [7, 11) is 0. The van der Waals surface area contributed by atoms with Crippen molar-refractivity contribution in [3.8, 4) is 55.6 Å². The lowest BCUT2D eigenvalue weighted by atomic mass is 9.77. The Morgan fingerprint density at radius 2 is 1.06 bits per heavy atom. The quantitative estimate of drug-likeness (QED) is 0.152. The van der Waals surface area contributed by atoms with E-state index in [0.717, 1.165) is 63.0 Å². The standard InChI is InChI=1S/C63H47NO/c1-63(2)57-41-49(64(48-25-16-24-47(40-48)42-18-6-3-7-19-42)58-30-14-12-26-50(58)43-20-8-4-9-21-43)36-37-56(57)60-51(38-39-52(61(60)63)44-22-10-5-11-23-44)45-32-34-46(35-33-45)53-28-17-29-55-54-27-13-15-31-59(54)65-62(53)55/h3-4,6-10,12-41H,5,11H2,1-2H3. The van der Waals surface area contributed by atoms with Crippen molar-refractivity contribution in [1.29, 1.82) is 0 Å². The third-order valence-corrected chi connectivity index (χ3v) is 13.7. The van der Waals surface area contributed by atoms with Gasteiger partial charge in [0.1, 0.15) is 11.2 Å². The maximum absolute atomic E-state index is 6.47. The molecule has 2 aliphatic rings. The highest BCUT2D eigenvalue weighted by Crippen LogP contribution is 2.56. The van der Waals surface area contributed by atoms with Gasteiger partial charge >= 0.3 is 0 Å². The molecule has 12 rings (SSSR count). The lowest BCUT2D eigenvalue weighted by Crippen LogP contribution is -2.18. The minimum absolute atomic E-state index is 0.300. The Balaban J connectivity index is 1.03. The van der Waals surface area contributed by atoms with Crippen molar-refractivity contribution in [3.63, 3.8) is 0 Å². The Labute approximate surface area is 381 Å². The number of anilines is 3. The molecule has 0 amide bonds. The van der Waals surface area contributed by atoms with Crippen LogP contribution in [0.2, 0.25) is 0 Å². The number of fused-ring (bicyclic) bond motifs is 6. The van der Waals surface area contributed by atoms with Crippen LogP contribution in [0.25, 0.3) is 83.1 Å². The topological polar surface area (TPSA) is 16.4 Å². The molecule has 9 aromatic carbocycles. The molecule has 0 fully saturated rings. The molecule has 2 aliphatic carbocycles. The van der Waals surface area contributed by atoms with Crippen LogP contribution in [0, 0.1) is 0 Å². The molecule has 0 N–H and O–H groups in total. The highest BCUT2D eigenvalue weighted by atomic mass is 16.3. The van der Waals surface area contributed by atoms with Crippen LogP contribution in [0.4, 0.5) is 17.1 Å². The van der Waals surface area contributed by atoms with Crippen molar-refractivity contribution in [2.75, 3.05) is 4.90 Å². The Bertz CT molecular complexity index is 3500. The van der Waals surface area contributed by atoms with Crippen molar-refractivity contribution in [1.82, 2.24) is 0 Å². The third kappa shape index (κ3) is 6.56. The Morgan fingerprint density at radius 1 is 0.446 bits per heavy atom. The van der Waals surface area contributed by atoms with Gasteiger partial charge in [0, 0.05) is 38.7 Å². The normalized spacial score (nSPS) is 13.7. The molecule has 1 heterocycles. The average molecular weight is 834 g/mol. The summed E-state index contributed by atoms with van der Waals surface area (Å²) < 4.78 is 6.47. The summed E-state index contributed by atoms with van der Waals surface area (Å²) in [5.41, 5.74) is 22.3. The van der Waals surface area contributed by atoms with Gasteiger partial charge in [-0.05, 0) is 116 Å². The first-order valence-electron chi connectivity index (χ1n) is 22.8. The molecule has 0 atom stereocenters. The first kappa shape index (κ1) is 38.7. The van der Waals surface area contributed by atoms with Crippen LogP contribution in [0.3, 0.4) is 0 Å². The van der Waals surface area contributed by atoms with Crippen LogP contribution in [0.5, 0.6) is 0 Å². The third-order valence-electron chi connectivity index (χ3n) is 13.7. The first-order valence-corrected chi connectivity index (χ1v) is 22.8.